The largest absolute Gasteiger partial charge is 0.467 e. The van der Waals surface area contributed by atoms with E-state index >= 15 is 0 Å². The number of para-hydroxylation sites is 1. The average Bonchev–Trinajstić information content (AvgIpc) is 3.65. The monoisotopic (exact) mass is 562 g/mol. The van der Waals surface area contributed by atoms with Crippen LogP contribution >= 0.6 is 0 Å². The lowest BCUT2D eigenvalue weighted by Crippen LogP contribution is -2.47. The fourth-order valence-corrected chi connectivity index (χ4v) is 5.48. The Kier molecular flexibility index (Phi) is 7.47. The van der Waals surface area contributed by atoms with Crippen molar-refractivity contribution in [3.8, 4) is 11.5 Å². The van der Waals surface area contributed by atoms with Crippen LogP contribution in [0.1, 0.15) is 35.9 Å². The topological polar surface area (TPSA) is 104 Å². The third kappa shape index (κ3) is 5.24. The first-order valence-corrected chi connectivity index (χ1v) is 13.8. The van der Waals surface area contributed by atoms with Gasteiger partial charge in [0.2, 0.25) is 5.91 Å². The summed E-state index contributed by atoms with van der Waals surface area (Å²) in [4.78, 5) is 44.3. The molecule has 2 aliphatic heterocycles. The summed E-state index contributed by atoms with van der Waals surface area (Å²) in [6, 6.07) is 27.5. The first kappa shape index (κ1) is 26.9. The first-order chi connectivity index (χ1) is 20.5. The molecule has 0 radical (unpaired) electrons. The van der Waals surface area contributed by atoms with E-state index in [1.807, 2.05) is 91.9 Å². The highest BCUT2D eigenvalue weighted by Gasteiger charge is 2.47. The molecule has 1 aromatic heterocycles. The maximum absolute atomic E-state index is 14.3. The smallest absolute Gasteiger partial charge is 0.322 e. The van der Waals surface area contributed by atoms with Gasteiger partial charge >= 0.3 is 6.03 Å². The van der Waals surface area contributed by atoms with E-state index in [2.05, 4.69) is 10.6 Å². The number of ether oxygens (including phenoxy) is 1. The number of hydrogen-bond acceptors (Lipinski definition) is 5. The van der Waals surface area contributed by atoms with Gasteiger partial charge in [0, 0.05) is 6.54 Å². The van der Waals surface area contributed by atoms with Gasteiger partial charge in [-0.05, 0) is 54.4 Å². The molecule has 0 aliphatic carbocycles. The number of benzene rings is 3. The second-order valence-corrected chi connectivity index (χ2v) is 10.0. The van der Waals surface area contributed by atoms with Crippen molar-refractivity contribution in [3.63, 3.8) is 0 Å². The average molecular weight is 563 g/mol. The van der Waals surface area contributed by atoms with E-state index in [0.29, 0.717) is 46.2 Å². The Morgan fingerprint density at radius 2 is 1.71 bits per heavy atom. The highest BCUT2D eigenvalue weighted by molar-refractivity contribution is 6.03. The molecule has 0 fully saturated rings. The molecule has 4 aromatic rings. The maximum Gasteiger partial charge on any atom is 0.322 e. The van der Waals surface area contributed by atoms with Crippen molar-refractivity contribution in [1.82, 2.24) is 20.4 Å². The van der Waals surface area contributed by atoms with Crippen molar-refractivity contribution in [2.45, 2.75) is 25.6 Å². The number of carbonyl (C=O) groups excluding carboxylic acids is 3. The second-order valence-electron chi connectivity index (χ2n) is 10.0. The summed E-state index contributed by atoms with van der Waals surface area (Å²) in [5, 5.41) is 5.92. The van der Waals surface area contributed by atoms with E-state index < -0.39 is 12.1 Å². The van der Waals surface area contributed by atoms with Crippen LogP contribution in [0.15, 0.2) is 119 Å². The third-order valence-electron chi connectivity index (χ3n) is 7.43. The SMILES string of the molecule is CCN1C(=O)N[C@H](c2cccc(Oc3ccccc3)c2)C2=C1CN([C@H](C(=O)NCc1ccco1)c1ccccc1)C2=O. The van der Waals surface area contributed by atoms with Crippen molar-refractivity contribution < 1.29 is 23.5 Å². The van der Waals surface area contributed by atoms with Crippen LogP contribution in [0.2, 0.25) is 0 Å². The predicted octanol–water partition coefficient (Wildman–Crippen LogP) is 5.31. The Hall–Kier alpha value is -5.31. The Morgan fingerprint density at radius 3 is 2.43 bits per heavy atom. The van der Waals surface area contributed by atoms with E-state index in [0.717, 1.165) is 0 Å². The van der Waals surface area contributed by atoms with Gasteiger partial charge in [0.25, 0.3) is 5.91 Å². The number of hydrogen-bond donors (Lipinski definition) is 2. The van der Waals surface area contributed by atoms with Crippen LogP contribution in [-0.4, -0.2) is 40.7 Å². The molecule has 0 saturated carbocycles. The highest BCUT2D eigenvalue weighted by Crippen LogP contribution is 2.40. The zero-order valence-electron chi connectivity index (χ0n) is 23.0. The molecule has 3 aromatic carbocycles. The van der Waals surface area contributed by atoms with Crippen molar-refractivity contribution in [2.75, 3.05) is 13.1 Å². The van der Waals surface area contributed by atoms with Gasteiger partial charge in [-0.25, -0.2) is 4.79 Å². The maximum atomic E-state index is 14.3. The molecule has 2 atom stereocenters. The van der Waals surface area contributed by atoms with E-state index in [1.54, 1.807) is 23.3 Å². The van der Waals surface area contributed by atoms with Gasteiger partial charge in [-0.15, -0.1) is 0 Å². The quantitative estimate of drug-likeness (QED) is 0.288. The molecule has 9 nitrogen and oxygen atoms in total. The lowest BCUT2D eigenvalue weighted by molar-refractivity contribution is -0.136. The normalized spacial score (nSPS) is 17.1. The molecule has 0 unspecified atom stereocenters. The Bertz CT molecular complexity index is 1620. The van der Waals surface area contributed by atoms with Crippen LogP contribution < -0.4 is 15.4 Å². The summed E-state index contributed by atoms with van der Waals surface area (Å²) in [6.45, 7) is 2.52. The summed E-state index contributed by atoms with van der Waals surface area (Å²) in [5.74, 6) is 1.20. The fraction of sp³-hybridized carbons (Fsp3) is 0.182. The van der Waals surface area contributed by atoms with Crippen molar-refractivity contribution in [3.05, 3.63) is 131 Å². The number of carbonyl (C=O) groups is 3. The van der Waals surface area contributed by atoms with Gasteiger partial charge in [-0.1, -0.05) is 60.7 Å². The van der Waals surface area contributed by atoms with Crippen LogP contribution in [0.3, 0.4) is 0 Å². The van der Waals surface area contributed by atoms with Gasteiger partial charge in [-0.2, -0.15) is 0 Å². The van der Waals surface area contributed by atoms with E-state index in [4.69, 9.17) is 9.15 Å². The molecule has 212 valence electrons. The van der Waals surface area contributed by atoms with Crippen molar-refractivity contribution in [2.24, 2.45) is 0 Å². The molecule has 2 aliphatic rings. The molecular weight excluding hydrogens is 532 g/mol. The number of rotatable bonds is 9. The minimum Gasteiger partial charge on any atom is -0.467 e. The van der Waals surface area contributed by atoms with Gasteiger partial charge in [0.1, 0.15) is 23.3 Å². The minimum atomic E-state index is -0.915. The van der Waals surface area contributed by atoms with Crippen LogP contribution in [-0.2, 0) is 16.1 Å². The molecular formula is C33H30N4O5. The molecule has 0 spiro atoms. The summed E-state index contributed by atoms with van der Waals surface area (Å²) < 4.78 is 11.4. The predicted molar refractivity (Wildman–Crippen MR) is 155 cm³/mol. The molecule has 3 heterocycles. The molecule has 4 amide bonds. The number of furan rings is 1. The number of nitrogens with one attached hydrogen (secondary N) is 2. The molecule has 0 saturated heterocycles. The van der Waals surface area contributed by atoms with Crippen LogP contribution in [0, 0.1) is 0 Å². The van der Waals surface area contributed by atoms with Crippen molar-refractivity contribution in [1.29, 1.82) is 0 Å². The zero-order chi connectivity index (χ0) is 29.1. The summed E-state index contributed by atoms with van der Waals surface area (Å²) in [7, 11) is 0. The van der Waals surface area contributed by atoms with E-state index in [-0.39, 0.29) is 30.9 Å². The summed E-state index contributed by atoms with van der Waals surface area (Å²) >= 11 is 0. The molecule has 9 heteroatoms. The van der Waals surface area contributed by atoms with Gasteiger partial charge < -0.3 is 24.7 Å². The number of urea groups is 1. The van der Waals surface area contributed by atoms with Crippen LogP contribution in [0.25, 0.3) is 0 Å². The molecule has 0 bridgehead atoms. The summed E-state index contributed by atoms with van der Waals surface area (Å²) in [5.41, 5.74) is 2.40. The highest BCUT2D eigenvalue weighted by atomic mass is 16.5. The molecule has 42 heavy (non-hydrogen) atoms. The summed E-state index contributed by atoms with van der Waals surface area (Å²) in [6.07, 6.45) is 1.54. The van der Waals surface area contributed by atoms with Crippen molar-refractivity contribution >= 4 is 17.8 Å². The standard InChI is InChI=1S/C33H30N4O5/c1-2-36-27-21-37(30(22-11-5-3-6-12-22)31(38)34-20-26-17-10-18-41-26)32(39)28(27)29(35-33(36)40)23-13-9-16-25(19-23)42-24-14-7-4-8-15-24/h3-19,29-30H,2,20-21H2,1H3,(H,34,38)(H,35,40)/t29-,30+/m1/s1. The first-order valence-electron chi connectivity index (χ1n) is 13.8. The lowest BCUT2D eigenvalue weighted by Gasteiger charge is -2.33. The Morgan fingerprint density at radius 1 is 0.976 bits per heavy atom. The Labute approximate surface area is 243 Å². The van der Waals surface area contributed by atoms with E-state index in [1.165, 1.54) is 4.90 Å². The third-order valence-corrected chi connectivity index (χ3v) is 7.43. The number of amides is 4. The van der Waals surface area contributed by atoms with Gasteiger partial charge in [-0.3, -0.25) is 14.5 Å². The second kappa shape index (κ2) is 11.7. The lowest BCUT2D eigenvalue weighted by atomic mass is 9.95. The fourth-order valence-electron chi connectivity index (χ4n) is 5.48. The molecule has 2 N–H and O–H groups in total. The molecule has 6 rings (SSSR count). The Balaban J connectivity index is 1.33. The van der Waals surface area contributed by atoms with Crippen LogP contribution in [0.5, 0.6) is 11.5 Å². The number of likely N-dealkylation sites (N-methyl/N-ethyl adjacent to an activating group) is 1. The van der Waals surface area contributed by atoms with Gasteiger partial charge in [0.15, 0.2) is 0 Å². The van der Waals surface area contributed by atoms with Crippen LogP contribution in [0.4, 0.5) is 4.79 Å². The van der Waals surface area contributed by atoms with E-state index in [9.17, 15) is 14.4 Å². The zero-order valence-corrected chi connectivity index (χ0v) is 23.0. The van der Waals surface area contributed by atoms with Gasteiger partial charge in [0.05, 0.1) is 36.7 Å². The number of nitrogens with zero attached hydrogens (tertiary/aromatic N) is 2. The minimum absolute atomic E-state index is 0.111.